The van der Waals surface area contributed by atoms with Gasteiger partial charge in [0.2, 0.25) is 5.91 Å². The molecule has 1 aliphatic rings. The number of para-hydroxylation sites is 2. The largest absolute Gasteiger partial charge is 0.457 e. The van der Waals surface area contributed by atoms with Crippen LogP contribution in [0.25, 0.3) is 0 Å². The summed E-state index contributed by atoms with van der Waals surface area (Å²) in [5, 5.41) is 2.85. The van der Waals surface area contributed by atoms with Crippen LogP contribution < -0.4 is 20.7 Å². The normalized spacial score (nSPS) is 17.2. The summed E-state index contributed by atoms with van der Waals surface area (Å²) < 4.78 is 5.89. The Labute approximate surface area is 234 Å². The molecule has 0 fully saturated rings. The van der Waals surface area contributed by atoms with Gasteiger partial charge in [-0.2, -0.15) is 0 Å². The molecule has 0 saturated carbocycles. The molecule has 1 heterocycles. The van der Waals surface area contributed by atoms with Gasteiger partial charge >= 0.3 is 0 Å². The van der Waals surface area contributed by atoms with Crippen molar-refractivity contribution in [3.8, 4) is 11.5 Å². The van der Waals surface area contributed by atoms with Gasteiger partial charge in [0.1, 0.15) is 23.7 Å². The van der Waals surface area contributed by atoms with Gasteiger partial charge in [0.15, 0.2) is 5.78 Å². The first kappa shape index (κ1) is 26.8. The number of carbonyl (C=O) groups excluding carboxylic acids is 2. The van der Waals surface area contributed by atoms with Gasteiger partial charge in [-0.25, -0.2) is 0 Å². The van der Waals surface area contributed by atoms with Crippen LogP contribution in [0.4, 0.5) is 5.69 Å². The Morgan fingerprint density at radius 3 is 2.30 bits per heavy atom. The third-order valence-corrected chi connectivity index (χ3v) is 6.96. The lowest BCUT2D eigenvalue weighted by molar-refractivity contribution is -0.127. The van der Waals surface area contributed by atoms with Crippen molar-refractivity contribution >= 4 is 23.1 Å². The van der Waals surface area contributed by atoms with E-state index < -0.39 is 18.2 Å². The number of amides is 1. The fourth-order valence-electron chi connectivity index (χ4n) is 4.85. The second-order valence-electron chi connectivity index (χ2n) is 9.84. The van der Waals surface area contributed by atoms with Crippen LogP contribution in [0, 0.1) is 0 Å². The molecule has 40 heavy (non-hydrogen) atoms. The van der Waals surface area contributed by atoms with Crippen molar-refractivity contribution < 1.29 is 14.3 Å². The minimum atomic E-state index is -0.884. The van der Waals surface area contributed by atoms with Crippen molar-refractivity contribution in [2.75, 3.05) is 11.9 Å². The quantitative estimate of drug-likeness (QED) is 0.342. The molecule has 5 rings (SSSR count). The van der Waals surface area contributed by atoms with Gasteiger partial charge in [-0.3, -0.25) is 14.6 Å². The van der Waals surface area contributed by atoms with Crippen molar-refractivity contribution in [3.05, 3.63) is 126 Å². The Morgan fingerprint density at radius 2 is 1.55 bits per heavy atom. The number of likely N-dealkylation sites (N-methyl/N-ethyl adjacent to an activating group) is 1. The maximum Gasteiger partial charge on any atom is 0.224 e. The van der Waals surface area contributed by atoms with Crippen LogP contribution in [0.3, 0.4) is 0 Å². The second kappa shape index (κ2) is 12.0. The summed E-state index contributed by atoms with van der Waals surface area (Å²) in [4.78, 5) is 33.5. The molecule has 4 aromatic rings. The summed E-state index contributed by atoms with van der Waals surface area (Å²) in [6.45, 7) is 1.68. The zero-order chi connectivity index (χ0) is 28.1. The summed E-state index contributed by atoms with van der Waals surface area (Å²) in [5.74, 6) is 0.819. The second-order valence-corrected chi connectivity index (χ2v) is 9.84. The number of hydrogen-bond donors (Lipinski definition) is 2. The molecule has 0 radical (unpaired) electrons. The summed E-state index contributed by atoms with van der Waals surface area (Å²) in [6.07, 6.45) is -0.606. The van der Waals surface area contributed by atoms with Crippen LogP contribution in [0.15, 0.2) is 114 Å². The van der Waals surface area contributed by atoms with Gasteiger partial charge in [0.25, 0.3) is 0 Å². The fraction of sp³-hybridized carbons (Fsp3) is 0.182. The number of nitrogens with one attached hydrogen (secondary N) is 1. The number of fused-ring (bicyclic) bond motifs is 1. The number of nitrogens with two attached hydrogens (primary N) is 1. The first-order chi connectivity index (χ1) is 19.4. The van der Waals surface area contributed by atoms with Crippen LogP contribution in [0.1, 0.15) is 23.6 Å². The summed E-state index contributed by atoms with van der Waals surface area (Å²) >= 11 is 0. The highest BCUT2D eigenvalue weighted by Gasteiger charge is 2.36. The van der Waals surface area contributed by atoms with Crippen LogP contribution >= 0.6 is 0 Å². The smallest absolute Gasteiger partial charge is 0.224 e. The molecule has 7 nitrogen and oxygen atoms in total. The van der Waals surface area contributed by atoms with Gasteiger partial charge in [-0.1, -0.05) is 78.9 Å². The molecule has 0 saturated heterocycles. The Hall–Kier alpha value is -4.75. The van der Waals surface area contributed by atoms with Gasteiger partial charge in [-0.05, 0) is 42.8 Å². The summed E-state index contributed by atoms with van der Waals surface area (Å²) in [5.41, 5.74) is 10.8. The molecule has 1 amide bonds. The molecule has 3 N–H and O–H groups in total. The first-order valence-electron chi connectivity index (χ1n) is 13.3. The van der Waals surface area contributed by atoms with Crippen LogP contribution in [0.2, 0.25) is 0 Å². The van der Waals surface area contributed by atoms with Crippen molar-refractivity contribution in [2.24, 2.45) is 10.7 Å². The van der Waals surface area contributed by atoms with Crippen LogP contribution in [0.5, 0.6) is 11.5 Å². The highest BCUT2D eigenvalue weighted by Crippen LogP contribution is 2.29. The monoisotopic (exact) mass is 532 g/mol. The third kappa shape index (κ3) is 5.95. The molecule has 0 bridgehead atoms. The summed E-state index contributed by atoms with van der Waals surface area (Å²) in [6, 6.07) is 32.7. The third-order valence-electron chi connectivity index (χ3n) is 6.96. The number of carbonyl (C=O) groups is 2. The van der Waals surface area contributed by atoms with Crippen molar-refractivity contribution in [1.82, 2.24) is 5.32 Å². The maximum atomic E-state index is 13.7. The Morgan fingerprint density at radius 1 is 0.900 bits per heavy atom. The van der Waals surface area contributed by atoms with Gasteiger partial charge in [-0.15, -0.1) is 0 Å². The van der Waals surface area contributed by atoms with E-state index in [1.165, 1.54) is 0 Å². The lowest BCUT2D eigenvalue weighted by atomic mass is 10.00. The average molecular weight is 533 g/mol. The van der Waals surface area contributed by atoms with Crippen molar-refractivity contribution in [3.63, 3.8) is 0 Å². The zero-order valence-corrected chi connectivity index (χ0v) is 22.5. The molecule has 3 atom stereocenters. The van der Waals surface area contributed by atoms with Crippen molar-refractivity contribution in [2.45, 2.75) is 31.6 Å². The topological polar surface area (TPSA) is 97.0 Å². The first-order valence-corrected chi connectivity index (χ1v) is 13.3. The van der Waals surface area contributed by atoms with Crippen LogP contribution in [-0.2, 0) is 16.0 Å². The standard InChI is InChI=1S/C33H32N4O3/c1-22(35-29(38)21-23-12-11-17-26(20-23)40-25-15-7-4-8-16-25)32(39)31-33(34)37(2)28-19-10-9-18-27(28)30(36-31)24-13-5-3-6-14-24/h3-20,22,31,33H,21,34H2,1-2H3,(H,35,38)/t22?,31?,33-/m0/s1. The lowest BCUT2D eigenvalue weighted by Gasteiger charge is -2.30. The Bertz CT molecular complexity index is 1520. The number of benzodiazepines with no additional fused rings is 1. The number of hydrogen-bond acceptors (Lipinski definition) is 6. The van der Waals surface area contributed by atoms with E-state index in [1.54, 1.807) is 6.92 Å². The number of anilines is 1. The molecular weight excluding hydrogens is 500 g/mol. The molecule has 4 aromatic carbocycles. The molecule has 0 spiro atoms. The number of rotatable bonds is 8. The molecule has 1 aliphatic heterocycles. The van der Waals surface area contributed by atoms with E-state index in [9.17, 15) is 9.59 Å². The molecule has 0 aliphatic carbocycles. The number of benzene rings is 4. The van der Waals surface area contributed by atoms with E-state index in [1.807, 2.05) is 121 Å². The minimum Gasteiger partial charge on any atom is -0.457 e. The lowest BCUT2D eigenvalue weighted by Crippen LogP contribution is -2.55. The number of nitrogens with zero attached hydrogens (tertiary/aromatic N) is 2. The van der Waals surface area contributed by atoms with Gasteiger partial charge in [0, 0.05) is 23.9 Å². The predicted molar refractivity (Wildman–Crippen MR) is 158 cm³/mol. The predicted octanol–water partition coefficient (Wildman–Crippen LogP) is 4.74. The summed E-state index contributed by atoms with van der Waals surface area (Å²) in [7, 11) is 1.86. The molecule has 0 aromatic heterocycles. The van der Waals surface area contributed by atoms with Crippen LogP contribution in [-0.4, -0.2) is 42.7 Å². The number of ether oxygens (including phenoxy) is 1. The number of ketones is 1. The molecule has 7 heteroatoms. The highest BCUT2D eigenvalue weighted by molar-refractivity contribution is 6.17. The van der Waals surface area contributed by atoms with Gasteiger partial charge < -0.3 is 20.7 Å². The van der Waals surface area contributed by atoms with E-state index in [2.05, 4.69) is 5.32 Å². The van der Waals surface area contributed by atoms with E-state index in [4.69, 9.17) is 15.5 Å². The Balaban J connectivity index is 1.32. The molecular formula is C33H32N4O3. The number of aliphatic imine (C=N–C) groups is 1. The van der Waals surface area contributed by atoms with E-state index in [0.29, 0.717) is 17.2 Å². The molecule has 2 unspecified atom stereocenters. The number of Topliss-reactive ketones (excluding diaryl/α,β-unsaturated/α-hetero) is 1. The van der Waals surface area contributed by atoms with E-state index >= 15 is 0 Å². The van der Waals surface area contributed by atoms with Crippen molar-refractivity contribution in [1.29, 1.82) is 0 Å². The van der Waals surface area contributed by atoms with E-state index in [0.717, 1.165) is 22.4 Å². The SMILES string of the molecule is CC(NC(=O)Cc1cccc(Oc2ccccc2)c1)C(=O)C1N=C(c2ccccc2)c2ccccc2N(C)[C@@H]1N. The average Bonchev–Trinajstić information content (AvgIpc) is 3.08. The molecule has 202 valence electrons. The Kier molecular flexibility index (Phi) is 8.03. The fourth-order valence-corrected chi connectivity index (χ4v) is 4.85. The highest BCUT2D eigenvalue weighted by atomic mass is 16.5. The van der Waals surface area contributed by atoms with E-state index in [-0.39, 0.29) is 18.1 Å². The minimum absolute atomic E-state index is 0.101. The maximum absolute atomic E-state index is 13.7. The van der Waals surface area contributed by atoms with Gasteiger partial charge in [0.05, 0.1) is 18.2 Å². The zero-order valence-electron chi connectivity index (χ0n) is 22.5.